The van der Waals surface area contributed by atoms with Gasteiger partial charge in [0.05, 0.1) is 5.75 Å². The number of hydrogen-bond acceptors (Lipinski definition) is 5. The fourth-order valence-corrected chi connectivity index (χ4v) is 3.45. The second-order valence-corrected chi connectivity index (χ2v) is 8.29. The molecule has 2 aromatic rings. The minimum absolute atomic E-state index is 0.0135. The third-order valence-electron chi connectivity index (χ3n) is 3.90. The second kappa shape index (κ2) is 6.72. The van der Waals surface area contributed by atoms with E-state index < -0.39 is 9.84 Å². The van der Waals surface area contributed by atoms with E-state index in [-0.39, 0.29) is 11.8 Å². The summed E-state index contributed by atoms with van der Waals surface area (Å²) in [7, 11) is -1.29. The van der Waals surface area contributed by atoms with Crippen LogP contribution in [0.5, 0.6) is 0 Å². The number of carbonyl (C=O) groups is 1. The highest BCUT2D eigenvalue weighted by atomic mass is 32.2. The number of benzene rings is 1. The first-order valence-electron chi connectivity index (χ1n) is 7.84. The Labute approximate surface area is 147 Å². The number of hydrogen-bond donors (Lipinski definition) is 1. The van der Waals surface area contributed by atoms with Gasteiger partial charge >= 0.3 is 6.03 Å². The van der Waals surface area contributed by atoms with Gasteiger partial charge in [-0.05, 0) is 29.8 Å². The van der Waals surface area contributed by atoms with E-state index in [1.165, 1.54) is 6.26 Å². The van der Waals surface area contributed by atoms with Crippen LogP contribution in [-0.4, -0.2) is 50.7 Å². The van der Waals surface area contributed by atoms with Crippen molar-refractivity contribution in [1.29, 1.82) is 0 Å². The smallest absolute Gasteiger partial charge is 0.324 e. The maximum absolute atomic E-state index is 12.1. The summed E-state index contributed by atoms with van der Waals surface area (Å²) >= 11 is 0. The fourth-order valence-electron chi connectivity index (χ4n) is 2.67. The highest BCUT2D eigenvalue weighted by molar-refractivity contribution is 7.89. The first-order valence-corrected chi connectivity index (χ1v) is 9.90. The normalized spacial score (nSPS) is 14.9. The minimum Gasteiger partial charge on any atom is -0.340 e. The molecule has 0 radical (unpaired) electrons. The number of pyridine rings is 1. The molecule has 1 N–H and O–H groups in total. The van der Waals surface area contributed by atoms with Gasteiger partial charge in [-0.3, -0.25) is 4.90 Å². The quantitative estimate of drug-likeness (QED) is 0.884. The van der Waals surface area contributed by atoms with E-state index in [0.717, 1.165) is 11.4 Å². The number of carbonyl (C=O) groups excluding carboxylic acids is 1. The van der Waals surface area contributed by atoms with E-state index in [1.54, 1.807) is 35.2 Å². The van der Waals surface area contributed by atoms with Crippen LogP contribution in [-0.2, 0) is 15.6 Å². The molecule has 1 aromatic carbocycles. The molecule has 2 heterocycles. The van der Waals surface area contributed by atoms with Crippen molar-refractivity contribution >= 4 is 33.1 Å². The lowest BCUT2D eigenvalue weighted by Gasteiger charge is -2.17. The Bertz CT molecular complexity index is 881. The van der Waals surface area contributed by atoms with Gasteiger partial charge in [0.25, 0.3) is 0 Å². The third kappa shape index (κ3) is 4.27. The number of amides is 2. The molecule has 0 saturated carbocycles. The van der Waals surface area contributed by atoms with E-state index >= 15 is 0 Å². The number of nitrogens with zero attached hydrogens (tertiary/aromatic N) is 3. The van der Waals surface area contributed by atoms with Gasteiger partial charge < -0.3 is 10.2 Å². The van der Waals surface area contributed by atoms with E-state index in [0.29, 0.717) is 24.5 Å². The van der Waals surface area contributed by atoms with Crippen LogP contribution < -0.4 is 10.2 Å². The molecule has 1 aromatic heterocycles. The van der Waals surface area contributed by atoms with Crippen LogP contribution in [0.25, 0.3) is 0 Å². The van der Waals surface area contributed by atoms with Crippen LogP contribution in [0, 0.1) is 0 Å². The van der Waals surface area contributed by atoms with E-state index in [2.05, 4.69) is 10.3 Å². The molecule has 0 spiro atoms. The summed E-state index contributed by atoms with van der Waals surface area (Å²) in [5, 5.41) is 3.17. The van der Waals surface area contributed by atoms with Crippen molar-refractivity contribution in [1.82, 2.24) is 9.88 Å². The maximum atomic E-state index is 12.1. The number of likely N-dealkylation sites (N-methyl/N-ethyl adjacent to an activating group) is 1. The van der Waals surface area contributed by atoms with Crippen LogP contribution in [0.1, 0.15) is 5.56 Å². The Balaban J connectivity index is 1.73. The molecule has 0 aliphatic carbocycles. The Morgan fingerprint density at radius 3 is 2.60 bits per heavy atom. The molecule has 8 heteroatoms. The zero-order chi connectivity index (χ0) is 18.0. The second-order valence-electron chi connectivity index (χ2n) is 6.15. The summed E-state index contributed by atoms with van der Waals surface area (Å²) in [5.41, 5.74) is 2.28. The Morgan fingerprint density at radius 1 is 1.20 bits per heavy atom. The Morgan fingerprint density at radius 2 is 2.00 bits per heavy atom. The first kappa shape index (κ1) is 17.2. The van der Waals surface area contributed by atoms with Crippen molar-refractivity contribution in [3.63, 3.8) is 0 Å². The van der Waals surface area contributed by atoms with Crippen molar-refractivity contribution in [2.45, 2.75) is 5.75 Å². The van der Waals surface area contributed by atoms with Gasteiger partial charge in [0.2, 0.25) is 0 Å². The molecule has 1 aliphatic heterocycles. The molecule has 7 nitrogen and oxygen atoms in total. The number of sulfone groups is 1. The van der Waals surface area contributed by atoms with Gasteiger partial charge in [0.1, 0.15) is 5.82 Å². The summed E-state index contributed by atoms with van der Waals surface area (Å²) in [4.78, 5) is 19.8. The molecule has 1 saturated heterocycles. The maximum Gasteiger partial charge on any atom is 0.324 e. The van der Waals surface area contributed by atoms with Crippen molar-refractivity contribution in [2.24, 2.45) is 0 Å². The third-order valence-corrected chi connectivity index (χ3v) is 4.76. The molecular formula is C17H20N4O3S. The van der Waals surface area contributed by atoms with E-state index in [1.807, 2.05) is 24.3 Å². The molecule has 25 heavy (non-hydrogen) atoms. The van der Waals surface area contributed by atoms with Gasteiger partial charge in [0.15, 0.2) is 9.84 Å². The predicted molar refractivity (Wildman–Crippen MR) is 97.9 cm³/mol. The van der Waals surface area contributed by atoms with Crippen LogP contribution in [0.3, 0.4) is 0 Å². The van der Waals surface area contributed by atoms with Crippen LogP contribution >= 0.6 is 0 Å². The van der Waals surface area contributed by atoms with Crippen LogP contribution in [0.2, 0.25) is 0 Å². The standard InChI is InChI=1S/C17H20N4O3S/c1-20-8-9-21(17(20)22)15-5-3-4-14(10-15)19-16-7-6-13(11-18-16)12-25(2,23)24/h3-7,10-11H,8-9,12H2,1-2H3,(H,18,19). The van der Waals surface area contributed by atoms with Crippen molar-refractivity contribution in [3.05, 3.63) is 48.2 Å². The number of rotatable bonds is 5. The lowest BCUT2D eigenvalue weighted by molar-refractivity contribution is 0.229. The average Bonchev–Trinajstić information content (AvgIpc) is 2.88. The summed E-state index contributed by atoms with van der Waals surface area (Å²) in [6, 6.07) is 11.0. The SMILES string of the molecule is CN1CCN(c2cccc(Nc3ccc(CS(C)(=O)=O)cn3)c2)C1=O. The molecule has 132 valence electrons. The molecule has 0 atom stereocenters. The number of anilines is 3. The lowest BCUT2D eigenvalue weighted by Crippen LogP contribution is -2.29. The van der Waals surface area contributed by atoms with Crippen LogP contribution in [0.4, 0.5) is 22.0 Å². The van der Waals surface area contributed by atoms with Crippen molar-refractivity contribution in [3.8, 4) is 0 Å². The monoisotopic (exact) mass is 360 g/mol. The lowest BCUT2D eigenvalue weighted by atomic mass is 10.2. The summed E-state index contributed by atoms with van der Waals surface area (Å²) in [6.07, 6.45) is 2.74. The molecular weight excluding hydrogens is 340 g/mol. The molecule has 1 fully saturated rings. The first-order chi connectivity index (χ1) is 11.8. The number of nitrogens with one attached hydrogen (secondary N) is 1. The van der Waals surface area contributed by atoms with E-state index in [4.69, 9.17) is 0 Å². The van der Waals surface area contributed by atoms with Crippen molar-refractivity contribution < 1.29 is 13.2 Å². The Hall–Kier alpha value is -2.61. The van der Waals surface area contributed by atoms with Gasteiger partial charge in [-0.25, -0.2) is 18.2 Å². The molecule has 3 rings (SSSR count). The Kier molecular flexibility index (Phi) is 4.63. The van der Waals surface area contributed by atoms with Gasteiger partial charge in [-0.1, -0.05) is 12.1 Å². The molecule has 0 unspecified atom stereocenters. The summed E-state index contributed by atoms with van der Waals surface area (Å²) in [6.45, 7) is 1.37. The summed E-state index contributed by atoms with van der Waals surface area (Å²) in [5.74, 6) is 0.583. The van der Waals surface area contributed by atoms with Gasteiger partial charge in [0, 0.05) is 44.0 Å². The molecule has 2 amide bonds. The van der Waals surface area contributed by atoms with Gasteiger partial charge in [-0.15, -0.1) is 0 Å². The zero-order valence-corrected chi connectivity index (χ0v) is 15.0. The fraction of sp³-hybridized carbons (Fsp3) is 0.294. The highest BCUT2D eigenvalue weighted by Crippen LogP contribution is 2.24. The minimum atomic E-state index is -3.08. The molecule has 1 aliphatic rings. The largest absolute Gasteiger partial charge is 0.340 e. The highest BCUT2D eigenvalue weighted by Gasteiger charge is 2.26. The van der Waals surface area contributed by atoms with E-state index in [9.17, 15) is 13.2 Å². The van der Waals surface area contributed by atoms with Gasteiger partial charge in [-0.2, -0.15) is 0 Å². The number of aromatic nitrogens is 1. The summed E-state index contributed by atoms with van der Waals surface area (Å²) < 4.78 is 22.6. The van der Waals surface area contributed by atoms with Crippen molar-refractivity contribution in [2.75, 3.05) is 36.6 Å². The predicted octanol–water partition coefficient (Wildman–Crippen LogP) is 2.24. The topological polar surface area (TPSA) is 82.6 Å². The average molecular weight is 360 g/mol. The zero-order valence-electron chi connectivity index (χ0n) is 14.1. The van der Waals surface area contributed by atoms with Crippen LogP contribution in [0.15, 0.2) is 42.6 Å². The molecule has 0 bridgehead atoms. The number of urea groups is 1.